The molecule has 0 aliphatic rings. The third-order valence-corrected chi connectivity index (χ3v) is 2.17. The van der Waals surface area contributed by atoms with Gasteiger partial charge in [-0.2, -0.15) is 5.26 Å². The van der Waals surface area contributed by atoms with Gasteiger partial charge in [0.15, 0.2) is 0 Å². The molecule has 2 heteroatoms. The first kappa shape index (κ1) is 8.86. The highest BCUT2D eigenvalue weighted by molar-refractivity contribution is 5.45. The molecule has 0 saturated carbocycles. The number of hydrogen-bond donors (Lipinski definition) is 1. The molecule has 1 rings (SSSR count). The van der Waals surface area contributed by atoms with Crippen LogP contribution in [0.3, 0.4) is 0 Å². The fraction of sp³-hybridized carbons (Fsp3) is 0.500. The Morgan fingerprint density at radius 1 is 1.33 bits per heavy atom. The molecular formula is C10H14N2. The number of nitrogens with one attached hydrogen (secondary N) is 1. The molecule has 0 amide bonds. The van der Waals surface area contributed by atoms with E-state index in [-0.39, 0.29) is 0 Å². The summed E-state index contributed by atoms with van der Waals surface area (Å²) in [5.41, 5.74) is 4.08. The lowest BCUT2D eigenvalue weighted by atomic mass is 10.0. The summed E-state index contributed by atoms with van der Waals surface area (Å²) in [7, 11) is 0. The van der Waals surface area contributed by atoms with Crippen LogP contribution in [0.5, 0.6) is 0 Å². The van der Waals surface area contributed by atoms with Crippen molar-refractivity contribution in [3.63, 3.8) is 0 Å². The van der Waals surface area contributed by atoms with E-state index in [9.17, 15) is 0 Å². The number of rotatable bonds is 1. The van der Waals surface area contributed by atoms with Crippen LogP contribution in [-0.2, 0) is 0 Å². The number of aryl methyl sites for hydroxylation is 1. The van der Waals surface area contributed by atoms with E-state index in [2.05, 4.69) is 24.9 Å². The first-order valence-corrected chi connectivity index (χ1v) is 4.17. The van der Waals surface area contributed by atoms with Crippen molar-refractivity contribution in [2.75, 3.05) is 0 Å². The van der Waals surface area contributed by atoms with E-state index >= 15 is 0 Å². The molecule has 0 aliphatic heterocycles. The van der Waals surface area contributed by atoms with Gasteiger partial charge in [0.05, 0.1) is 5.56 Å². The van der Waals surface area contributed by atoms with Gasteiger partial charge in [-0.05, 0) is 25.3 Å². The van der Waals surface area contributed by atoms with Crippen molar-refractivity contribution in [2.24, 2.45) is 0 Å². The number of hydrogen-bond acceptors (Lipinski definition) is 1. The SMILES string of the molecule is Cc1[nH]c(C(C)C)c(C)c1C#N. The van der Waals surface area contributed by atoms with Crippen LogP contribution in [-0.4, -0.2) is 4.98 Å². The second-order valence-electron chi connectivity index (χ2n) is 3.43. The highest BCUT2D eigenvalue weighted by atomic mass is 14.7. The third-order valence-electron chi connectivity index (χ3n) is 2.17. The molecule has 0 fully saturated rings. The minimum Gasteiger partial charge on any atom is -0.361 e. The van der Waals surface area contributed by atoms with Crippen molar-refractivity contribution < 1.29 is 0 Å². The summed E-state index contributed by atoms with van der Waals surface area (Å²) in [6.07, 6.45) is 0. The first-order chi connectivity index (χ1) is 5.57. The van der Waals surface area contributed by atoms with Gasteiger partial charge in [-0.1, -0.05) is 13.8 Å². The molecule has 1 aromatic heterocycles. The van der Waals surface area contributed by atoms with Gasteiger partial charge in [-0.15, -0.1) is 0 Å². The summed E-state index contributed by atoms with van der Waals surface area (Å²) < 4.78 is 0. The first-order valence-electron chi connectivity index (χ1n) is 4.17. The fourth-order valence-corrected chi connectivity index (χ4v) is 1.52. The summed E-state index contributed by atoms with van der Waals surface area (Å²) in [5.74, 6) is 0.464. The van der Waals surface area contributed by atoms with Crippen LogP contribution in [0.1, 0.15) is 42.3 Å². The molecule has 1 N–H and O–H groups in total. The normalized spacial score (nSPS) is 10.3. The minimum atomic E-state index is 0.464. The predicted molar refractivity (Wildman–Crippen MR) is 49.1 cm³/mol. The molecule has 12 heavy (non-hydrogen) atoms. The van der Waals surface area contributed by atoms with Gasteiger partial charge < -0.3 is 4.98 Å². The average Bonchev–Trinajstić information content (AvgIpc) is 2.27. The lowest BCUT2D eigenvalue weighted by molar-refractivity contribution is 0.820. The number of aromatic nitrogens is 1. The highest BCUT2D eigenvalue weighted by Gasteiger charge is 2.12. The maximum atomic E-state index is 8.82. The van der Waals surface area contributed by atoms with Crippen LogP contribution in [0.4, 0.5) is 0 Å². The smallest absolute Gasteiger partial charge is 0.101 e. The zero-order valence-electron chi connectivity index (χ0n) is 8.02. The Morgan fingerprint density at radius 3 is 2.17 bits per heavy atom. The quantitative estimate of drug-likeness (QED) is 0.677. The standard InChI is InChI=1S/C10H14N2/c1-6(2)10-7(3)9(5-11)8(4)12-10/h6,12H,1-4H3. The van der Waals surface area contributed by atoms with Crippen LogP contribution in [0.25, 0.3) is 0 Å². The van der Waals surface area contributed by atoms with Crippen LogP contribution in [0.15, 0.2) is 0 Å². The van der Waals surface area contributed by atoms with Crippen LogP contribution < -0.4 is 0 Å². The van der Waals surface area contributed by atoms with Crippen LogP contribution in [0.2, 0.25) is 0 Å². The zero-order valence-corrected chi connectivity index (χ0v) is 8.02. The van der Waals surface area contributed by atoms with Gasteiger partial charge in [-0.3, -0.25) is 0 Å². The molecule has 0 saturated heterocycles. The minimum absolute atomic E-state index is 0.464. The summed E-state index contributed by atoms with van der Waals surface area (Å²) in [5, 5.41) is 8.82. The van der Waals surface area contributed by atoms with Crippen LogP contribution >= 0.6 is 0 Å². The fourth-order valence-electron chi connectivity index (χ4n) is 1.52. The molecule has 1 aromatic rings. The van der Waals surface area contributed by atoms with Crippen molar-refractivity contribution in [3.05, 3.63) is 22.5 Å². The Labute approximate surface area is 73.2 Å². The van der Waals surface area contributed by atoms with Crippen molar-refractivity contribution in [3.8, 4) is 6.07 Å². The number of nitriles is 1. The van der Waals surface area contributed by atoms with Crippen molar-refractivity contribution in [1.29, 1.82) is 5.26 Å². The van der Waals surface area contributed by atoms with E-state index < -0.39 is 0 Å². The number of aromatic amines is 1. The highest BCUT2D eigenvalue weighted by Crippen LogP contribution is 2.22. The van der Waals surface area contributed by atoms with Crippen molar-refractivity contribution in [2.45, 2.75) is 33.6 Å². The zero-order chi connectivity index (χ0) is 9.30. The Hall–Kier alpha value is -1.23. The van der Waals surface area contributed by atoms with E-state index in [4.69, 9.17) is 5.26 Å². The topological polar surface area (TPSA) is 39.6 Å². The molecule has 2 nitrogen and oxygen atoms in total. The maximum absolute atomic E-state index is 8.82. The van der Waals surface area contributed by atoms with E-state index in [0.717, 1.165) is 16.8 Å². The number of nitrogens with zero attached hydrogens (tertiary/aromatic N) is 1. The van der Waals surface area contributed by atoms with Crippen molar-refractivity contribution >= 4 is 0 Å². The van der Waals surface area contributed by atoms with E-state index in [1.165, 1.54) is 5.69 Å². The molecule has 1 heterocycles. The summed E-state index contributed by atoms with van der Waals surface area (Å²) in [6, 6.07) is 2.21. The van der Waals surface area contributed by atoms with Crippen molar-refractivity contribution in [1.82, 2.24) is 4.98 Å². The van der Waals surface area contributed by atoms with Gasteiger partial charge in [-0.25, -0.2) is 0 Å². The molecule has 0 bridgehead atoms. The van der Waals surface area contributed by atoms with Crippen LogP contribution in [0, 0.1) is 25.2 Å². The molecule has 0 spiro atoms. The molecule has 0 radical (unpaired) electrons. The lowest BCUT2D eigenvalue weighted by Gasteiger charge is -2.02. The summed E-state index contributed by atoms with van der Waals surface area (Å²) in [4.78, 5) is 3.24. The summed E-state index contributed by atoms with van der Waals surface area (Å²) in [6.45, 7) is 8.19. The molecule has 0 aromatic carbocycles. The molecule has 64 valence electrons. The maximum Gasteiger partial charge on any atom is 0.101 e. The molecule has 0 unspecified atom stereocenters. The predicted octanol–water partition coefficient (Wildman–Crippen LogP) is 2.63. The van der Waals surface area contributed by atoms with Gasteiger partial charge in [0.25, 0.3) is 0 Å². The third kappa shape index (κ3) is 1.23. The number of H-pyrrole nitrogens is 1. The van der Waals surface area contributed by atoms with Gasteiger partial charge in [0.1, 0.15) is 6.07 Å². The Morgan fingerprint density at radius 2 is 1.92 bits per heavy atom. The summed E-state index contributed by atoms with van der Waals surface area (Å²) >= 11 is 0. The lowest BCUT2D eigenvalue weighted by Crippen LogP contribution is -1.89. The second kappa shape index (κ2) is 3.02. The van der Waals surface area contributed by atoms with Gasteiger partial charge in [0.2, 0.25) is 0 Å². The Bertz CT molecular complexity index is 326. The second-order valence-corrected chi connectivity index (χ2v) is 3.43. The average molecular weight is 162 g/mol. The Balaban J connectivity index is 3.29. The molecule has 0 aliphatic carbocycles. The van der Waals surface area contributed by atoms with Gasteiger partial charge in [0, 0.05) is 11.4 Å². The largest absolute Gasteiger partial charge is 0.361 e. The molecule has 0 atom stereocenters. The van der Waals surface area contributed by atoms with E-state index in [1.807, 2.05) is 13.8 Å². The Kier molecular flexibility index (Phi) is 2.23. The van der Waals surface area contributed by atoms with Gasteiger partial charge >= 0.3 is 0 Å². The molecular weight excluding hydrogens is 148 g/mol. The van der Waals surface area contributed by atoms with E-state index in [1.54, 1.807) is 0 Å². The van der Waals surface area contributed by atoms with E-state index in [0.29, 0.717) is 5.92 Å². The monoisotopic (exact) mass is 162 g/mol.